The van der Waals surface area contributed by atoms with E-state index < -0.39 is 5.91 Å². The molecule has 7 heteroatoms. The van der Waals surface area contributed by atoms with Crippen LogP contribution in [0.3, 0.4) is 0 Å². The zero-order valence-corrected chi connectivity index (χ0v) is 15.8. The number of rotatable bonds is 7. The largest absolute Gasteiger partial charge is 0.493 e. The minimum atomic E-state index is -0.436. The molecule has 0 radical (unpaired) electrons. The lowest BCUT2D eigenvalue weighted by molar-refractivity contribution is -0.117. The number of carbonyl (C=O) groups excluding carboxylic acids is 2. The van der Waals surface area contributed by atoms with Gasteiger partial charge < -0.3 is 9.47 Å². The van der Waals surface area contributed by atoms with Gasteiger partial charge >= 0.3 is 0 Å². The van der Waals surface area contributed by atoms with Gasteiger partial charge in [-0.05, 0) is 41.1 Å². The van der Waals surface area contributed by atoms with E-state index in [2.05, 4.69) is 24.7 Å². The lowest BCUT2D eigenvalue weighted by atomic mass is 10.2. The number of thiophene rings is 1. The molecule has 138 valence electrons. The molecule has 2 amide bonds. The minimum Gasteiger partial charge on any atom is -0.493 e. The predicted octanol–water partition coefficient (Wildman–Crippen LogP) is 3.27. The first kappa shape index (κ1) is 19.5. The summed E-state index contributed by atoms with van der Waals surface area (Å²) in [7, 11) is 1.57. The molecule has 1 aromatic carbocycles. The molecular formula is C19H22N2O4S. The molecule has 0 aliphatic rings. The SMILES string of the molecule is COc1cc(/C=C/C(=O)NNC(=O)c2cccs2)ccc1OCC(C)C. The van der Waals surface area contributed by atoms with E-state index in [9.17, 15) is 9.59 Å². The van der Waals surface area contributed by atoms with Crippen molar-refractivity contribution in [2.24, 2.45) is 5.92 Å². The maximum atomic E-state index is 11.8. The molecule has 0 saturated carbocycles. The van der Waals surface area contributed by atoms with Gasteiger partial charge in [-0.1, -0.05) is 26.0 Å². The molecule has 0 bridgehead atoms. The molecule has 0 unspecified atom stereocenters. The Morgan fingerprint density at radius 1 is 1.19 bits per heavy atom. The number of amides is 2. The first-order chi connectivity index (χ1) is 12.5. The van der Waals surface area contributed by atoms with Gasteiger partial charge in [0, 0.05) is 6.08 Å². The van der Waals surface area contributed by atoms with Crippen molar-refractivity contribution in [3.63, 3.8) is 0 Å². The molecule has 26 heavy (non-hydrogen) atoms. The Hall–Kier alpha value is -2.80. The molecule has 0 saturated heterocycles. The van der Waals surface area contributed by atoms with Gasteiger partial charge in [0.05, 0.1) is 18.6 Å². The monoisotopic (exact) mass is 374 g/mol. The number of methoxy groups -OCH3 is 1. The van der Waals surface area contributed by atoms with Crippen molar-refractivity contribution in [1.82, 2.24) is 10.9 Å². The first-order valence-corrected chi connectivity index (χ1v) is 9.00. The van der Waals surface area contributed by atoms with E-state index in [-0.39, 0.29) is 5.91 Å². The Morgan fingerprint density at radius 3 is 2.65 bits per heavy atom. The fraction of sp³-hybridized carbons (Fsp3) is 0.263. The summed E-state index contributed by atoms with van der Waals surface area (Å²) in [4.78, 5) is 24.1. The van der Waals surface area contributed by atoms with Crippen LogP contribution in [0.1, 0.15) is 29.1 Å². The zero-order valence-electron chi connectivity index (χ0n) is 14.9. The van der Waals surface area contributed by atoms with Gasteiger partial charge in [-0.15, -0.1) is 11.3 Å². The summed E-state index contributed by atoms with van der Waals surface area (Å²) in [5, 5.41) is 1.79. The van der Waals surface area contributed by atoms with Crippen molar-refractivity contribution in [2.45, 2.75) is 13.8 Å². The highest BCUT2D eigenvalue weighted by molar-refractivity contribution is 7.12. The van der Waals surface area contributed by atoms with E-state index in [1.165, 1.54) is 17.4 Å². The summed E-state index contributed by atoms with van der Waals surface area (Å²) in [5.41, 5.74) is 5.47. The van der Waals surface area contributed by atoms with Crippen LogP contribution >= 0.6 is 11.3 Å². The average molecular weight is 374 g/mol. The highest BCUT2D eigenvalue weighted by atomic mass is 32.1. The van der Waals surface area contributed by atoms with E-state index in [0.29, 0.717) is 28.9 Å². The van der Waals surface area contributed by atoms with Crippen LogP contribution in [0.15, 0.2) is 41.8 Å². The lowest BCUT2D eigenvalue weighted by Gasteiger charge is -2.12. The van der Waals surface area contributed by atoms with Crippen molar-refractivity contribution in [3.8, 4) is 11.5 Å². The van der Waals surface area contributed by atoms with Crippen LogP contribution in [0.2, 0.25) is 0 Å². The van der Waals surface area contributed by atoms with Crippen molar-refractivity contribution in [1.29, 1.82) is 0 Å². The summed E-state index contributed by atoms with van der Waals surface area (Å²) in [5.74, 6) is 0.877. The van der Waals surface area contributed by atoms with Gasteiger partial charge in [0.25, 0.3) is 11.8 Å². The van der Waals surface area contributed by atoms with Crippen LogP contribution in [-0.2, 0) is 4.79 Å². The van der Waals surface area contributed by atoms with Gasteiger partial charge in [0.2, 0.25) is 0 Å². The first-order valence-electron chi connectivity index (χ1n) is 8.12. The predicted molar refractivity (Wildman–Crippen MR) is 102 cm³/mol. The maximum absolute atomic E-state index is 11.8. The highest BCUT2D eigenvalue weighted by Crippen LogP contribution is 2.28. The second-order valence-corrected chi connectivity index (χ2v) is 6.82. The summed E-state index contributed by atoms with van der Waals surface area (Å²) in [6.45, 7) is 4.73. The van der Waals surface area contributed by atoms with E-state index in [1.807, 2.05) is 6.07 Å². The Bertz CT molecular complexity index is 770. The third kappa shape index (κ3) is 5.93. The van der Waals surface area contributed by atoms with Crippen molar-refractivity contribution in [3.05, 3.63) is 52.2 Å². The summed E-state index contributed by atoms with van der Waals surface area (Å²) >= 11 is 1.30. The topological polar surface area (TPSA) is 76.7 Å². The van der Waals surface area contributed by atoms with Gasteiger partial charge in [-0.3, -0.25) is 20.4 Å². The number of hydrogen-bond acceptors (Lipinski definition) is 5. The lowest BCUT2D eigenvalue weighted by Crippen LogP contribution is -2.40. The average Bonchev–Trinajstić information content (AvgIpc) is 3.17. The molecule has 0 aliphatic carbocycles. The fourth-order valence-electron chi connectivity index (χ4n) is 1.96. The van der Waals surface area contributed by atoms with Gasteiger partial charge in [-0.2, -0.15) is 0 Å². The number of benzene rings is 1. The smallest absolute Gasteiger partial charge is 0.279 e. The van der Waals surface area contributed by atoms with Crippen LogP contribution in [0.4, 0.5) is 0 Å². The molecule has 0 atom stereocenters. The highest BCUT2D eigenvalue weighted by Gasteiger charge is 2.08. The van der Waals surface area contributed by atoms with Gasteiger partial charge in [-0.25, -0.2) is 0 Å². The number of ether oxygens (including phenoxy) is 2. The summed E-state index contributed by atoms with van der Waals surface area (Å²) in [6, 6.07) is 8.85. The summed E-state index contributed by atoms with van der Waals surface area (Å²) < 4.78 is 11.0. The number of hydrazine groups is 1. The second-order valence-electron chi connectivity index (χ2n) is 5.87. The van der Waals surface area contributed by atoms with Crippen LogP contribution < -0.4 is 20.3 Å². The van der Waals surface area contributed by atoms with Crippen molar-refractivity contribution < 1.29 is 19.1 Å². The van der Waals surface area contributed by atoms with Crippen LogP contribution in [0.25, 0.3) is 6.08 Å². The molecule has 2 aromatic rings. The van der Waals surface area contributed by atoms with Gasteiger partial charge in [0.1, 0.15) is 0 Å². The zero-order chi connectivity index (χ0) is 18.9. The third-order valence-corrected chi connectivity index (χ3v) is 4.10. The molecule has 6 nitrogen and oxygen atoms in total. The fourth-order valence-corrected chi connectivity index (χ4v) is 2.58. The van der Waals surface area contributed by atoms with E-state index in [4.69, 9.17) is 9.47 Å². The molecule has 2 rings (SSSR count). The molecule has 0 aliphatic heterocycles. The van der Waals surface area contributed by atoms with Crippen LogP contribution in [0, 0.1) is 5.92 Å². The minimum absolute atomic E-state index is 0.352. The maximum Gasteiger partial charge on any atom is 0.279 e. The molecule has 1 heterocycles. The van der Waals surface area contributed by atoms with Gasteiger partial charge in [0.15, 0.2) is 11.5 Å². The van der Waals surface area contributed by atoms with E-state index in [1.54, 1.807) is 42.8 Å². The molecule has 0 spiro atoms. The number of hydrogen-bond donors (Lipinski definition) is 2. The number of carbonyl (C=O) groups is 2. The molecule has 2 N–H and O–H groups in total. The van der Waals surface area contributed by atoms with Crippen LogP contribution in [0.5, 0.6) is 11.5 Å². The quantitative estimate of drug-likeness (QED) is 0.576. The summed E-state index contributed by atoms with van der Waals surface area (Å²) in [6.07, 6.45) is 2.96. The Kier molecular flexibility index (Phi) is 7.23. The van der Waals surface area contributed by atoms with E-state index in [0.717, 1.165) is 5.56 Å². The van der Waals surface area contributed by atoms with Crippen molar-refractivity contribution in [2.75, 3.05) is 13.7 Å². The molecule has 0 fully saturated rings. The van der Waals surface area contributed by atoms with E-state index >= 15 is 0 Å². The third-order valence-electron chi connectivity index (χ3n) is 3.23. The standard InChI is InChI=1S/C19H22N2O4S/c1-13(2)12-25-15-8-6-14(11-16(15)24-3)7-9-18(22)20-21-19(23)17-5-4-10-26-17/h4-11,13H,12H2,1-3H3,(H,20,22)(H,21,23)/b9-7+. The Morgan fingerprint density at radius 2 is 2.00 bits per heavy atom. The number of nitrogens with one attached hydrogen (secondary N) is 2. The molecule has 1 aromatic heterocycles. The second kappa shape index (κ2) is 9.62. The Labute approximate surface area is 156 Å². The van der Waals surface area contributed by atoms with Crippen molar-refractivity contribution >= 4 is 29.2 Å². The normalized spacial score (nSPS) is 10.8. The Balaban J connectivity index is 1.92. The molecular weight excluding hydrogens is 352 g/mol. The van der Waals surface area contributed by atoms with Crippen LogP contribution in [-0.4, -0.2) is 25.5 Å².